The van der Waals surface area contributed by atoms with Crippen molar-refractivity contribution in [1.29, 1.82) is 0 Å². The SMILES string of the molecule is CCOC(=O)c1ccc(NC(=S)N(CCCn2ccnc2)Cc2ccc(F)cc2)cc1. The molecule has 162 valence electrons. The Kier molecular flexibility index (Phi) is 8.12. The van der Waals surface area contributed by atoms with E-state index < -0.39 is 0 Å². The van der Waals surface area contributed by atoms with Crippen LogP contribution in [0.3, 0.4) is 0 Å². The Balaban J connectivity index is 1.65. The Bertz CT molecular complexity index is 976. The highest BCUT2D eigenvalue weighted by atomic mass is 32.1. The second kappa shape index (κ2) is 11.2. The molecule has 0 aliphatic carbocycles. The van der Waals surface area contributed by atoms with Gasteiger partial charge in [0.2, 0.25) is 0 Å². The first-order valence-electron chi connectivity index (χ1n) is 10.1. The average molecular weight is 441 g/mol. The molecular weight excluding hydrogens is 415 g/mol. The Morgan fingerprint density at radius 3 is 2.58 bits per heavy atom. The number of carbonyl (C=O) groups is 1. The molecule has 0 amide bonds. The maximum Gasteiger partial charge on any atom is 0.338 e. The standard InChI is InChI=1S/C23H25FN4O2S/c1-2-30-22(29)19-6-10-21(11-7-19)26-23(31)28(14-3-13-27-15-12-25-17-27)16-18-4-8-20(24)9-5-18/h4-12,15,17H,2-3,13-14,16H2,1H3,(H,26,31). The fraction of sp³-hybridized carbons (Fsp3) is 0.261. The van der Waals surface area contributed by atoms with Crippen molar-refractivity contribution in [3.8, 4) is 0 Å². The smallest absolute Gasteiger partial charge is 0.338 e. The van der Waals surface area contributed by atoms with Gasteiger partial charge in [0.1, 0.15) is 5.82 Å². The van der Waals surface area contributed by atoms with Crippen LogP contribution in [0.1, 0.15) is 29.3 Å². The molecule has 1 aromatic heterocycles. The zero-order chi connectivity index (χ0) is 22.1. The van der Waals surface area contributed by atoms with Gasteiger partial charge in [0.25, 0.3) is 0 Å². The molecule has 0 fully saturated rings. The number of benzene rings is 2. The van der Waals surface area contributed by atoms with Crippen molar-refractivity contribution in [3.63, 3.8) is 0 Å². The molecular formula is C23H25FN4O2S. The van der Waals surface area contributed by atoms with Crippen molar-refractivity contribution < 1.29 is 13.9 Å². The van der Waals surface area contributed by atoms with Crippen LogP contribution in [-0.2, 0) is 17.8 Å². The molecule has 1 heterocycles. The molecule has 2 aromatic carbocycles. The average Bonchev–Trinajstić information content (AvgIpc) is 3.28. The molecule has 3 aromatic rings. The Morgan fingerprint density at radius 1 is 1.19 bits per heavy atom. The third kappa shape index (κ3) is 6.89. The molecule has 6 nitrogen and oxygen atoms in total. The van der Waals surface area contributed by atoms with E-state index >= 15 is 0 Å². The van der Waals surface area contributed by atoms with Gasteiger partial charge < -0.3 is 19.5 Å². The minimum Gasteiger partial charge on any atom is -0.462 e. The summed E-state index contributed by atoms with van der Waals surface area (Å²) in [6.45, 7) is 4.19. The maximum atomic E-state index is 13.3. The number of aromatic nitrogens is 2. The number of imidazole rings is 1. The van der Waals surface area contributed by atoms with E-state index in [1.807, 2.05) is 15.7 Å². The predicted molar refractivity (Wildman–Crippen MR) is 122 cm³/mol. The molecule has 0 atom stereocenters. The zero-order valence-electron chi connectivity index (χ0n) is 17.3. The van der Waals surface area contributed by atoms with Crippen LogP contribution in [0.25, 0.3) is 0 Å². The zero-order valence-corrected chi connectivity index (χ0v) is 18.1. The number of halogens is 1. The van der Waals surface area contributed by atoms with E-state index in [0.717, 1.165) is 24.2 Å². The maximum absolute atomic E-state index is 13.3. The van der Waals surface area contributed by atoms with Crippen LogP contribution in [0, 0.1) is 5.82 Å². The predicted octanol–water partition coefficient (Wildman–Crippen LogP) is 4.49. The van der Waals surface area contributed by atoms with E-state index in [-0.39, 0.29) is 11.8 Å². The molecule has 8 heteroatoms. The van der Waals surface area contributed by atoms with Crippen molar-refractivity contribution in [2.45, 2.75) is 26.4 Å². The lowest BCUT2D eigenvalue weighted by molar-refractivity contribution is 0.0526. The van der Waals surface area contributed by atoms with Gasteiger partial charge in [-0.3, -0.25) is 0 Å². The summed E-state index contributed by atoms with van der Waals surface area (Å²) in [5.41, 5.74) is 2.23. The highest BCUT2D eigenvalue weighted by molar-refractivity contribution is 7.80. The molecule has 1 N–H and O–H groups in total. The molecule has 0 spiro atoms. The van der Waals surface area contributed by atoms with Gasteiger partial charge in [-0.05, 0) is 67.5 Å². The van der Waals surface area contributed by atoms with Crippen molar-refractivity contribution in [1.82, 2.24) is 14.5 Å². The van der Waals surface area contributed by atoms with Gasteiger partial charge in [-0.15, -0.1) is 0 Å². The van der Waals surface area contributed by atoms with Gasteiger partial charge >= 0.3 is 5.97 Å². The number of nitrogens with one attached hydrogen (secondary N) is 1. The fourth-order valence-electron chi connectivity index (χ4n) is 3.03. The van der Waals surface area contributed by atoms with Crippen LogP contribution in [0.15, 0.2) is 67.3 Å². The molecule has 0 aliphatic rings. The molecule has 0 saturated heterocycles. The number of hydrogen-bond acceptors (Lipinski definition) is 4. The monoisotopic (exact) mass is 440 g/mol. The van der Waals surface area contributed by atoms with Crippen LogP contribution >= 0.6 is 12.2 Å². The summed E-state index contributed by atoms with van der Waals surface area (Å²) in [5.74, 6) is -0.619. The minimum atomic E-state index is -0.353. The Morgan fingerprint density at radius 2 is 1.94 bits per heavy atom. The number of aryl methyl sites for hydroxylation is 1. The van der Waals surface area contributed by atoms with E-state index in [2.05, 4.69) is 10.3 Å². The second-order valence-corrected chi connectivity index (χ2v) is 7.32. The summed E-state index contributed by atoms with van der Waals surface area (Å²) >= 11 is 5.65. The second-order valence-electron chi connectivity index (χ2n) is 6.93. The topological polar surface area (TPSA) is 59.4 Å². The van der Waals surface area contributed by atoms with E-state index in [1.165, 1.54) is 12.1 Å². The number of thiocarbonyl (C=S) groups is 1. The van der Waals surface area contributed by atoms with Gasteiger partial charge in [-0.2, -0.15) is 0 Å². The Hall–Kier alpha value is -3.26. The molecule has 0 radical (unpaired) electrons. The highest BCUT2D eigenvalue weighted by Crippen LogP contribution is 2.14. The quantitative estimate of drug-likeness (QED) is 0.391. The van der Waals surface area contributed by atoms with Crippen molar-refractivity contribution in [2.75, 3.05) is 18.5 Å². The number of ether oxygens (including phenoxy) is 1. The number of anilines is 1. The van der Waals surface area contributed by atoms with Crippen LogP contribution in [-0.4, -0.2) is 38.7 Å². The van der Waals surface area contributed by atoms with E-state index in [4.69, 9.17) is 17.0 Å². The molecule has 0 saturated carbocycles. The van der Waals surface area contributed by atoms with E-state index in [1.54, 1.807) is 55.8 Å². The van der Waals surface area contributed by atoms with Crippen LogP contribution in [0.2, 0.25) is 0 Å². The third-order valence-electron chi connectivity index (χ3n) is 4.62. The van der Waals surface area contributed by atoms with Crippen LogP contribution in [0.4, 0.5) is 10.1 Å². The highest BCUT2D eigenvalue weighted by Gasteiger charge is 2.12. The third-order valence-corrected chi connectivity index (χ3v) is 4.99. The Labute approximate surface area is 186 Å². The minimum absolute atomic E-state index is 0.266. The summed E-state index contributed by atoms with van der Waals surface area (Å²) in [5, 5.41) is 3.78. The van der Waals surface area contributed by atoms with Crippen molar-refractivity contribution >= 4 is 29.0 Å². The molecule has 0 bridgehead atoms. The molecule has 0 aliphatic heterocycles. The van der Waals surface area contributed by atoms with Crippen molar-refractivity contribution in [3.05, 3.63) is 84.2 Å². The first-order valence-corrected chi connectivity index (χ1v) is 10.5. The van der Waals surface area contributed by atoms with Crippen molar-refractivity contribution in [2.24, 2.45) is 0 Å². The number of carbonyl (C=O) groups excluding carboxylic acids is 1. The van der Waals surface area contributed by atoms with Gasteiger partial charge in [-0.25, -0.2) is 14.2 Å². The number of hydrogen-bond donors (Lipinski definition) is 1. The van der Waals surface area contributed by atoms with E-state index in [9.17, 15) is 9.18 Å². The summed E-state index contributed by atoms with van der Waals surface area (Å²) in [6, 6.07) is 13.4. The largest absolute Gasteiger partial charge is 0.462 e. The molecule has 3 rings (SSSR count). The first kappa shape index (κ1) is 22.4. The number of rotatable bonds is 9. The molecule has 0 unspecified atom stereocenters. The summed E-state index contributed by atoms with van der Waals surface area (Å²) in [4.78, 5) is 17.9. The summed E-state index contributed by atoms with van der Waals surface area (Å²) < 4.78 is 20.3. The fourth-order valence-corrected chi connectivity index (χ4v) is 3.31. The lowest BCUT2D eigenvalue weighted by Crippen LogP contribution is -2.35. The lowest BCUT2D eigenvalue weighted by atomic mass is 10.2. The lowest BCUT2D eigenvalue weighted by Gasteiger charge is -2.26. The van der Waals surface area contributed by atoms with Crippen LogP contribution < -0.4 is 5.32 Å². The molecule has 31 heavy (non-hydrogen) atoms. The van der Waals surface area contributed by atoms with Gasteiger partial charge in [0.15, 0.2) is 5.11 Å². The normalized spacial score (nSPS) is 10.5. The van der Waals surface area contributed by atoms with Crippen LogP contribution in [0.5, 0.6) is 0 Å². The summed E-state index contributed by atoms with van der Waals surface area (Å²) in [7, 11) is 0. The first-order chi connectivity index (χ1) is 15.0. The van der Waals surface area contributed by atoms with Gasteiger partial charge in [-0.1, -0.05) is 12.1 Å². The number of nitrogens with zero attached hydrogens (tertiary/aromatic N) is 3. The number of esters is 1. The van der Waals surface area contributed by atoms with E-state index in [0.29, 0.717) is 30.4 Å². The van der Waals surface area contributed by atoms with Gasteiger partial charge in [0, 0.05) is 37.7 Å². The summed E-state index contributed by atoms with van der Waals surface area (Å²) in [6.07, 6.45) is 6.32. The van der Waals surface area contributed by atoms with Gasteiger partial charge in [0.05, 0.1) is 18.5 Å².